The number of hydrogen-bond acceptors (Lipinski definition) is 14. The number of piperazine rings is 2. The van der Waals surface area contributed by atoms with E-state index in [1.807, 2.05) is 24.4 Å². The monoisotopic (exact) mass is 831 g/mol. The van der Waals surface area contributed by atoms with E-state index in [1.165, 1.54) is 6.92 Å². The standard InChI is InChI=1S/C44H53N11O6/c1-27-32-25-46-44(49-40(32)55(29-6-4-5-7-29)43(60)38(27)28(2)56)47-36-12-8-30(24-45-36)52-20-16-50(17-21-52)14-15-51-18-22-53(23-19-51)34-10-9-31-33(39(34)61-3)26-54(42(31)59)35-11-13-37(57)48-41(35)58/h8-10,12,24-25,29,35H,4-7,11,13-23,26H2,1-3H3,(H,48,57,58)(H,45,46,47,49). The second-order valence-electron chi connectivity index (χ2n) is 16.8. The highest BCUT2D eigenvalue weighted by molar-refractivity contribution is 6.06. The van der Waals surface area contributed by atoms with E-state index in [4.69, 9.17) is 9.72 Å². The zero-order chi connectivity index (χ0) is 42.4. The molecule has 17 nitrogen and oxygen atoms in total. The molecule has 4 aromatic rings. The summed E-state index contributed by atoms with van der Waals surface area (Å²) in [5.74, 6) is 0.476. The smallest absolute Gasteiger partial charge is 0.263 e. The minimum absolute atomic E-state index is 0.0117. The maximum atomic E-state index is 13.6. The highest BCUT2D eigenvalue weighted by Gasteiger charge is 2.41. The number of hydrogen-bond donors (Lipinski definition) is 2. The van der Waals surface area contributed by atoms with Gasteiger partial charge >= 0.3 is 0 Å². The summed E-state index contributed by atoms with van der Waals surface area (Å²) in [4.78, 5) is 89.0. The third kappa shape index (κ3) is 7.80. The zero-order valence-corrected chi connectivity index (χ0v) is 35.1. The number of aromatic nitrogens is 4. The number of anilines is 4. The van der Waals surface area contributed by atoms with Crippen molar-refractivity contribution < 1.29 is 23.9 Å². The molecule has 3 saturated heterocycles. The highest BCUT2D eigenvalue weighted by atomic mass is 16.5. The van der Waals surface area contributed by atoms with Crippen LogP contribution in [0.3, 0.4) is 0 Å². The molecule has 7 heterocycles. The number of nitrogens with zero attached hydrogens (tertiary/aromatic N) is 9. The molecule has 2 N–H and O–H groups in total. The molecule has 1 aromatic carbocycles. The second kappa shape index (κ2) is 16.8. The van der Waals surface area contributed by atoms with Crippen molar-refractivity contribution in [1.29, 1.82) is 0 Å². The van der Waals surface area contributed by atoms with Gasteiger partial charge in [0.15, 0.2) is 5.78 Å². The van der Waals surface area contributed by atoms with Gasteiger partial charge in [-0.05, 0) is 62.9 Å². The van der Waals surface area contributed by atoms with E-state index >= 15 is 0 Å². The van der Waals surface area contributed by atoms with Gasteiger partial charge in [0, 0.05) is 101 Å². The molecule has 9 rings (SSSR count). The van der Waals surface area contributed by atoms with Gasteiger partial charge in [-0.1, -0.05) is 12.8 Å². The molecular formula is C44H53N11O6. The number of imide groups is 1. The summed E-state index contributed by atoms with van der Waals surface area (Å²) < 4.78 is 7.63. The van der Waals surface area contributed by atoms with Gasteiger partial charge in [-0.3, -0.25) is 43.7 Å². The number of ether oxygens (including phenoxy) is 1. The number of carbonyl (C=O) groups excluding carboxylic acids is 4. The van der Waals surface area contributed by atoms with Crippen molar-refractivity contribution in [1.82, 2.24) is 39.5 Å². The summed E-state index contributed by atoms with van der Waals surface area (Å²) in [6.07, 6.45) is 7.97. The van der Waals surface area contributed by atoms with Gasteiger partial charge in [0.25, 0.3) is 11.5 Å². The first-order chi connectivity index (χ1) is 29.6. The number of Topliss-reactive ketones (excluding diaryl/α,β-unsaturated/α-hetero) is 1. The molecule has 0 radical (unpaired) electrons. The molecule has 4 aliphatic heterocycles. The third-order valence-corrected chi connectivity index (χ3v) is 13.3. The highest BCUT2D eigenvalue weighted by Crippen LogP contribution is 2.40. The van der Waals surface area contributed by atoms with Gasteiger partial charge in [0.1, 0.15) is 23.3 Å². The minimum Gasteiger partial charge on any atom is -0.494 e. The van der Waals surface area contributed by atoms with Crippen molar-refractivity contribution in [3.8, 4) is 5.75 Å². The number of aryl methyl sites for hydroxylation is 1. The van der Waals surface area contributed by atoms with Crippen LogP contribution in [-0.2, 0) is 16.1 Å². The summed E-state index contributed by atoms with van der Waals surface area (Å²) in [6.45, 7) is 12.7. The Kier molecular flexibility index (Phi) is 11.2. The summed E-state index contributed by atoms with van der Waals surface area (Å²) in [5, 5.41) is 6.31. The number of carbonyl (C=O) groups is 4. The maximum Gasteiger partial charge on any atom is 0.263 e. The lowest BCUT2D eigenvalue weighted by atomic mass is 10.0. The number of ketones is 1. The van der Waals surface area contributed by atoms with Gasteiger partial charge in [-0.25, -0.2) is 9.97 Å². The van der Waals surface area contributed by atoms with Gasteiger partial charge < -0.3 is 24.8 Å². The molecule has 0 bridgehead atoms. The fourth-order valence-electron chi connectivity index (χ4n) is 9.87. The van der Waals surface area contributed by atoms with Gasteiger partial charge in [-0.2, -0.15) is 4.98 Å². The van der Waals surface area contributed by atoms with Crippen LogP contribution in [0, 0.1) is 6.92 Å². The van der Waals surface area contributed by atoms with E-state index in [0.29, 0.717) is 46.1 Å². The lowest BCUT2D eigenvalue weighted by molar-refractivity contribution is -0.136. The van der Waals surface area contributed by atoms with Crippen LogP contribution in [0.15, 0.2) is 41.5 Å². The van der Waals surface area contributed by atoms with Crippen LogP contribution in [0.5, 0.6) is 5.75 Å². The molecule has 61 heavy (non-hydrogen) atoms. The maximum absolute atomic E-state index is 13.6. The van der Waals surface area contributed by atoms with E-state index < -0.39 is 11.9 Å². The van der Waals surface area contributed by atoms with Gasteiger partial charge in [-0.15, -0.1) is 0 Å². The second-order valence-corrected chi connectivity index (χ2v) is 16.8. The molecule has 3 amide bonds. The summed E-state index contributed by atoms with van der Waals surface area (Å²) in [7, 11) is 1.63. The van der Waals surface area contributed by atoms with Gasteiger partial charge in [0.2, 0.25) is 17.8 Å². The van der Waals surface area contributed by atoms with Crippen molar-refractivity contribution in [2.45, 2.75) is 71.0 Å². The van der Waals surface area contributed by atoms with Crippen LogP contribution in [0.4, 0.5) is 23.1 Å². The van der Waals surface area contributed by atoms with E-state index in [-0.39, 0.29) is 47.7 Å². The van der Waals surface area contributed by atoms with Crippen LogP contribution >= 0.6 is 0 Å². The number of benzene rings is 1. The molecule has 1 atom stereocenters. The van der Waals surface area contributed by atoms with E-state index in [9.17, 15) is 24.0 Å². The Morgan fingerprint density at radius 2 is 1.57 bits per heavy atom. The van der Waals surface area contributed by atoms with Crippen molar-refractivity contribution in [3.05, 3.63) is 69.3 Å². The van der Waals surface area contributed by atoms with Crippen LogP contribution in [0.1, 0.15) is 83.3 Å². The molecule has 1 saturated carbocycles. The Morgan fingerprint density at radius 1 is 0.869 bits per heavy atom. The van der Waals surface area contributed by atoms with Crippen molar-refractivity contribution >= 4 is 57.7 Å². The van der Waals surface area contributed by atoms with Crippen LogP contribution in [0.2, 0.25) is 0 Å². The molecule has 1 unspecified atom stereocenters. The number of pyridine rings is 2. The third-order valence-electron chi connectivity index (χ3n) is 13.3. The number of fused-ring (bicyclic) bond motifs is 2. The Morgan fingerprint density at radius 3 is 2.21 bits per heavy atom. The quantitative estimate of drug-likeness (QED) is 0.166. The lowest BCUT2D eigenvalue weighted by Crippen LogP contribution is -2.52. The Hall–Kier alpha value is -5.94. The fourth-order valence-corrected chi connectivity index (χ4v) is 9.87. The average molecular weight is 832 g/mol. The van der Waals surface area contributed by atoms with Gasteiger partial charge in [0.05, 0.1) is 36.8 Å². The number of rotatable bonds is 11. The molecular weight excluding hydrogens is 779 g/mol. The van der Waals surface area contributed by atoms with Crippen molar-refractivity contribution in [2.24, 2.45) is 0 Å². The molecule has 5 aliphatic rings. The Balaban J connectivity index is 0.760. The topological polar surface area (TPSA) is 178 Å². The Bertz CT molecular complexity index is 2430. The first-order valence-electron chi connectivity index (χ1n) is 21.5. The number of piperidine rings is 1. The number of methoxy groups -OCH3 is 1. The first-order valence-corrected chi connectivity index (χ1v) is 21.5. The van der Waals surface area contributed by atoms with Crippen LogP contribution < -0.4 is 30.7 Å². The molecule has 320 valence electrons. The van der Waals surface area contributed by atoms with Crippen molar-refractivity contribution in [3.63, 3.8) is 0 Å². The summed E-state index contributed by atoms with van der Waals surface area (Å²) in [5.41, 5.74) is 4.48. The predicted octanol–water partition coefficient (Wildman–Crippen LogP) is 3.27. The number of amides is 3. The van der Waals surface area contributed by atoms with E-state index in [1.54, 1.807) is 29.7 Å². The van der Waals surface area contributed by atoms with E-state index in [0.717, 1.165) is 108 Å². The van der Waals surface area contributed by atoms with Crippen LogP contribution in [0.25, 0.3) is 11.0 Å². The Labute approximate surface area is 354 Å². The minimum atomic E-state index is -0.663. The molecule has 3 aromatic heterocycles. The molecule has 1 aliphatic carbocycles. The molecule has 4 fully saturated rings. The van der Waals surface area contributed by atoms with Crippen molar-refractivity contribution in [2.75, 3.05) is 87.7 Å². The normalized spacial score (nSPS) is 20.4. The summed E-state index contributed by atoms with van der Waals surface area (Å²) >= 11 is 0. The lowest BCUT2D eigenvalue weighted by Gasteiger charge is -2.39. The molecule has 17 heteroatoms. The van der Waals surface area contributed by atoms with Crippen LogP contribution in [-0.4, -0.2) is 136 Å². The first kappa shape index (κ1) is 40.5. The van der Waals surface area contributed by atoms with E-state index in [2.05, 4.69) is 46.3 Å². The number of nitrogens with one attached hydrogen (secondary N) is 2. The molecule has 0 spiro atoms. The fraction of sp³-hybridized carbons (Fsp3) is 0.500. The zero-order valence-electron chi connectivity index (χ0n) is 35.1. The summed E-state index contributed by atoms with van der Waals surface area (Å²) in [6, 6.07) is 7.15. The average Bonchev–Trinajstić information content (AvgIpc) is 3.91. The predicted molar refractivity (Wildman–Crippen MR) is 230 cm³/mol. The SMILES string of the molecule is COc1c(N2CCN(CCN3CCN(c4ccc(Nc5ncc6c(C)c(C(C)=O)c(=O)n(C7CCCC7)c6n5)nc4)CC3)CC2)ccc2c1CN(C1CCC(=O)NC1=O)C2=O. The largest absolute Gasteiger partial charge is 0.494 e.